The van der Waals surface area contributed by atoms with Crippen LogP contribution in [0, 0.1) is 6.92 Å². The van der Waals surface area contributed by atoms with Gasteiger partial charge in [-0.2, -0.15) is 0 Å². The second-order valence-corrected chi connectivity index (χ2v) is 5.48. The second-order valence-electron chi connectivity index (χ2n) is 5.48. The van der Waals surface area contributed by atoms with Crippen LogP contribution in [0.15, 0.2) is 16.5 Å². The van der Waals surface area contributed by atoms with Gasteiger partial charge in [0.2, 0.25) is 5.91 Å². The minimum absolute atomic E-state index is 0.0399. The van der Waals surface area contributed by atoms with Gasteiger partial charge in [0, 0.05) is 19.4 Å². The number of rotatable bonds is 5. The van der Waals surface area contributed by atoms with Gasteiger partial charge in [0.25, 0.3) is 0 Å². The van der Waals surface area contributed by atoms with E-state index in [2.05, 4.69) is 4.74 Å². The zero-order valence-electron chi connectivity index (χ0n) is 12.8. The van der Waals surface area contributed by atoms with E-state index in [0.717, 1.165) is 37.3 Å². The fourth-order valence-electron chi connectivity index (χ4n) is 2.79. The molecule has 0 aliphatic carbocycles. The molecule has 2 rings (SSSR count). The van der Waals surface area contributed by atoms with Crippen LogP contribution >= 0.6 is 0 Å². The lowest BCUT2D eigenvalue weighted by Crippen LogP contribution is -2.38. The van der Waals surface area contributed by atoms with E-state index in [4.69, 9.17) is 4.42 Å². The molecule has 1 saturated heterocycles. The van der Waals surface area contributed by atoms with Crippen molar-refractivity contribution in [1.82, 2.24) is 4.90 Å². The summed E-state index contributed by atoms with van der Waals surface area (Å²) in [6.07, 6.45) is 4.28. The number of carbonyl (C=O) groups excluding carboxylic acids is 2. The minimum Gasteiger partial charge on any atom is -0.469 e. The van der Waals surface area contributed by atoms with E-state index in [0.29, 0.717) is 19.3 Å². The fraction of sp³-hybridized carbons (Fsp3) is 0.625. The molecule has 1 aromatic heterocycles. The zero-order chi connectivity index (χ0) is 15.2. The van der Waals surface area contributed by atoms with Crippen LogP contribution in [0.5, 0.6) is 0 Å². The number of methoxy groups -OCH3 is 1. The largest absolute Gasteiger partial charge is 0.469 e. The molecule has 1 fully saturated rings. The SMILES string of the molecule is COC(=O)CCCC(=O)N1CCCCC1c1ccc(C)o1. The third kappa shape index (κ3) is 4.09. The first-order valence-corrected chi connectivity index (χ1v) is 7.54. The maximum atomic E-state index is 12.4. The molecule has 0 radical (unpaired) electrons. The third-order valence-corrected chi connectivity index (χ3v) is 3.91. The van der Waals surface area contributed by atoms with E-state index < -0.39 is 0 Å². The van der Waals surface area contributed by atoms with Crippen LogP contribution in [0.25, 0.3) is 0 Å². The highest BCUT2D eigenvalue weighted by Crippen LogP contribution is 2.32. The van der Waals surface area contributed by atoms with Gasteiger partial charge >= 0.3 is 5.97 Å². The van der Waals surface area contributed by atoms with Gasteiger partial charge in [-0.25, -0.2) is 0 Å². The molecule has 5 nitrogen and oxygen atoms in total. The summed E-state index contributed by atoms with van der Waals surface area (Å²) in [5.74, 6) is 1.57. The molecule has 0 bridgehead atoms. The summed E-state index contributed by atoms with van der Waals surface area (Å²) >= 11 is 0. The summed E-state index contributed by atoms with van der Waals surface area (Å²) in [5.41, 5.74) is 0. The molecule has 0 aromatic carbocycles. The predicted molar refractivity (Wildman–Crippen MR) is 77.6 cm³/mol. The molecular formula is C16H23NO4. The Kier molecular flexibility index (Phi) is 5.42. The van der Waals surface area contributed by atoms with Gasteiger partial charge in [0.1, 0.15) is 11.5 Å². The third-order valence-electron chi connectivity index (χ3n) is 3.91. The highest BCUT2D eigenvalue weighted by Gasteiger charge is 2.29. The summed E-state index contributed by atoms with van der Waals surface area (Å²) < 4.78 is 10.3. The number of amides is 1. The standard InChI is InChI=1S/C16H23NO4/c1-12-9-10-14(21-12)13-6-3-4-11-17(13)15(18)7-5-8-16(19)20-2/h9-10,13H,3-8,11H2,1-2H3. The molecule has 1 atom stereocenters. The number of piperidine rings is 1. The molecule has 0 saturated carbocycles. The lowest BCUT2D eigenvalue weighted by molar-refractivity contribution is -0.141. The molecule has 116 valence electrons. The van der Waals surface area contributed by atoms with Crippen molar-refractivity contribution in [2.75, 3.05) is 13.7 Å². The Morgan fingerprint density at radius 3 is 2.81 bits per heavy atom. The average molecular weight is 293 g/mol. The number of hydrogen-bond acceptors (Lipinski definition) is 4. The lowest BCUT2D eigenvalue weighted by Gasteiger charge is -2.34. The van der Waals surface area contributed by atoms with E-state index in [9.17, 15) is 9.59 Å². The lowest BCUT2D eigenvalue weighted by atomic mass is 9.99. The smallest absolute Gasteiger partial charge is 0.305 e. The van der Waals surface area contributed by atoms with Gasteiger partial charge < -0.3 is 14.1 Å². The zero-order valence-corrected chi connectivity index (χ0v) is 12.8. The molecule has 21 heavy (non-hydrogen) atoms. The maximum Gasteiger partial charge on any atom is 0.305 e. The van der Waals surface area contributed by atoms with Crippen molar-refractivity contribution in [2.45, 2.75) is 51.5 Å². The van der Waals surface area contributed by atoms with Crippen LogP contribution in [-0.4, -0.2) is 30.4 Å². The number of carbonyl (C=O) groups is 2. The van der Waals surface area contributed by atoms with Gasteiger partial charge in [0.05, 0.1) is 13.2 Å². The van der Waals surface area contributed by atoms with Crippen molar-refractivity contribution >= 4 is 11.9 Å². The summed E-state index contributed by atoms with van der Waals surface area (Å²) in [7, 11) is 1.37. The van der Waals surface area contributed by atoms with Crippen LogP contribution in [0.2, 0.25) is 0 Å². The summed E-state index contributed by atoms with van der Waals surface area (Å²) in [6.45, 7) is 2.68. The van der Waals surface area contributed by atoms with Gasteiger partial charge in [-0.1, -0.05) is 0 Å². The Hall–Kier alpha value is -1.78. The van der Waals surface area contributed by atoms with Gasteiger partial charge in [0.15, 0.2) is 0 Å². The van der Waals surface area contributed by atoms with Crippen LogP contribution in [0.3, 0.4) is 0 Å². The number of ether oxygens (including phenoxy) is 1. The Morgan fingerprint density at radius 2 is 2.14 bits per heavy atom. The van der Waals surface area contributed by atoms with E-state index >= 15 is 0 Å². The van der Waals surface area contributed by atoms with Crippen LogP contribution < -0.4 is 0 Å². The van der Waals surface area contributed by atoms with E-state index in [1.165, 1.54) is 7.11 Å². The van der Waals surface area contributed by atoms with Crippen LogP contribution in [-0.2, 0) is 14.3 Å². The number of likely N-dealkylation sites (tertiary alicyclic amines) is 1. The first kappa shape index (κ1) is 15.6. The van der Waals surface area contributed by atoms with Crippen molar-refractivity contribution in [3.63, 3.8) is 0 Å². The van der Waals surface area contributed by atoms with Crippen molar-refractivity contribution < 1.29 is 18.7 Å². The van der Waals surface area contributed by atoms with Crippen LogP contribution in [0.4, 0.5) is 0 Å². The minimum atomic E-state index is -0.264. The second kappa shape index (κ2) is 7.29. The summed E-state index contributed by atoms with van der Waals surface area (Å²) in [4.78, 5) is 25.4. The van der Waals surface area contributed by atoms with Gasteiger partial charge in [-0.15, -0.1) is 0 Å². The van der Waals surface area contributed by atoms with Crippen LogP contribution in [0.1, 0.15) is 56.1 Å². The van der Waals surface area contributed by atoms with Crippen molar-refractivity contribution in [3.8, 4) is 0 Å². The molecule has 0 N–H and O–H groups in total. The van der Waals surface area contributed by atoms with E-state index in [1.54, 1.807) is 0 Å². The maximum absolute atomic E-state index is 12.4. The molecule has 5 heteroatoms. The van der Waals surface area contributed by atoms with Crippen molar-refractivity contribution in [2.24, 2.45) is 0 Å². The Bertz CT molecular complexity index is 494. The highest BCUT2D eigenvalue weighted by molar-refractivity contribution is 5.77. The Morgan fingerprint density at radius 1 is 1.33 bits per heavy atom. The van der Waals surface area contributed by atoms with Gasteiger partial charge in [-0.05, 0) is 44.7 Å². The molecule has 1 aliphatic heterocycles. The van der Waals surface area contributed by atoms with E-state index in [1.807, 2.05) is 24.0 Å². The molecule has 1 aliphatic rings. The molecule has 1 amide bonds. The van der Waals surface area contributed by atoms with Crippen molar-refractivity contribution in [3.05, 3.63) is 23.7 Å². The predicted octanol–water partition coefficient (Wildman–Crippen LogP) is 2.98. The highest BCUT2D eigenvalue weighted by atomic mass is 16.5. The molecular weight excluding hydrogens is 270 g/mol. The van der Waals surface area contributed by atoms with E-state index in [-0.39, 0.29) is 17.9 Å². The number of nitrogens with zero attached hydrogens (tertiary/aromatic N) is 1. The summed E-state index contributed by atoms with van der Waals surface area (Å²) in [5, 5.41) is 0. The normalized spacial score (nSPS) is 18.6. The Labute approximate surface area is 125 Å². The average Bonchev–Trinajstić information content (AvgIpc) is 2.93. The first-order chi connectivity index (χ1) is 10.1. The molecule has 2 heterocycles. The number of aryl methyl sites for hydroxylation is 1. The number of esters is 1. The van der Waals surface area contributed by atoms with Crippen molar-refractivity contribution in [1.29, 1.82) is 0 Å². The number of hydrogen-bond donors (Lipinski definition) is 0. The molecule has 0 spiro atoms. The Balaban J connectivity index is 1.95. The molecule has 1 unspecified atom stereocenters. The summed E-state index contributed by atoms with van der Waals surface area (Å²) in [6, 6.07) is 3.93. The molecule has 1 aromatic rings. The topological polar surface area (TPSA) is 59.8 Å². The monoisotopic (exact) mass is 293 g/mol. The quantitative estimate of drug-likeness (QED) is 0.783. The fourth-order valence-corrected chi connectivity index (χ4v) is 2.79. The van der Waals surface area contributed by atoms with Gasteiger partial charge in [-0.3, -0.25) is 9.59 Å². The number of furan rings is 1. The first-order valence-electron chi connectivity index (χ1n) is 7.54.